The molecule has 2 aromatic rings. The Balaban J connectivity index is 2.55. The second-order valence-corrected chi connectivity index (χ2v) is 3.55. The summed E-state index contributed by atoms with van der Waals surface area (Å²) in [5, 5.41) is 11.6. The molecular weight excluding hydrogens is 204 g/mol. The van der Waals surface area contributed by atoms with E-state index in [1.165, 1.54) is 0 Å². The molecule has 5 heteroatoms. The number of oxime groups is 1. The van der Waals surface area contributed by atoms with Gasteiger partial charge in [0, 0.05) is 6.42 Å². The van der Waals surface area contributed by atoms with Gasteiger partial charge < -0.3 is 15.5 Å². The van der Waals surface area contributed by atoms with Crippen LogP contribution in [0.4, 0.5) is 0 Å². The van der Waals surface area contributed by atoms with Crippen LogP contribution in [0.2, 0.25) is 0 Å². The highest BCUT2D eigenvalue weighted by Gasteiger charge is 2.09. The molecule has 2 rings (SSSR count). The number of hydrogen-bond donors (Lipinski definition) is 2. The van der Waals surface area contributed by atoms with Gasteiger partial charge in [0.1, 0.15) is 5.82 Å². The predicted octanol–water partition coefficient (Wildman–Crippen LogP) is 1.35. The highest BCUT2D eigenvalue weighted by atomic mass is 16.4. The first-order valence-electron chi connectivity index (χ1n) is 5.16. The number of benzene rings is 1. The standard InChI is InChI=1S/C11H14N4O/c1-2-11-13-8-5-3-4-6-9(8)15(11)7-10(12)14-16/h3-6,16H,2,7H2,1H3,(H2,12,14). The average Bonchev–Trinajstić information content (AvgIpc) is 2.67. The maximum absolute atomic E-state index is 8.60. The van der Waals surface area contributed by atoms with E-state index in [0.29, 0.717) is 6.54 Å². The molecule has 84 valence electrons. The van der Waals surface area contributed by atoms with Crippen molar-refractivity contribution in [1.29, 1.82) is 0 Å². The highest BCUT2D eigenvalue weighted by Crippen LogP contribution is 2.16. The number of aryl methyl sites for hydroxylation is 1. The molecule has 0 amide bonds. The lowest BCUT2D eigenvalue weighted by atomic mass is 10.3. The first-order chi connectivity index (χ1) is 7.76. The molecule has 0 unspecified atom stereocenters. The van der Waals surface area contributed by atoms with Crippen LogP contribution in [0, 0.1) is 0 Å². The fraction of sp³-hybridized carbons (Fsp3) is 0.273. The number of fused-ring (bicyclic) bond motifs is 1. The van der Waals surface area contributed by atoms with E-state index in [0.717, 1.165) is 23.3 Å². The van der Waals surface area contributed by atoms with Crippen LogP contribution >= 0.6 is 0 Å². The van der Waals surface area contributed by atoms with Crippen LogP contribution in [-0.4, -0.2) is 20.6 Å². The van der Waals surface area contributed by atoms with Crippen molar-refractivity contribution in [2.45, 2.75) is 19.9 Å². The molecule has 0 fully saturated rings. The molecular formula is C11H14N4O. The normalized spacial score (nSPS) is 12.2. The molecule has 16 heavy (non-hydrogen) atoms. The molecule has 0 bridgehead atoms. The summed E-state index contributed by atoms with van der Waals surface area (Å²) in [6, 6.07) is 7.83. The van der Waals surface area contributed by atoms with Crippen molar-refractivity contribution in [3.63, 3.8) is 0 Å². The van der Waals surface area contributed by atoms with Gasteiger partial charge in [-0.25, -0.2) is 4.98 Å². The van der Waals surface area contributed by atoms with E-state index in [1.54, 1.807) is 0 Å². The zero-order chi connectivity index (χ0) is 11.5. The van der Waals surface area contributed by atoms with Crippen molar-refractivity contribution >= 4 is 16.9 Å². The van der Waals surface area contributed by atoms with Crippen molar-refractivity contribution < 1.29 is 5.21 Å². The Kier molecular flexibility index (Phi) is 2.76. The first kappa shape index (κ1) is 10.5. The molecule has 0 aliphatic carbocycles. The number of para-hydroxylation sites is 2. The van der Waals surface area contributed by atoms with E-state index >= 15 is 0 Å². The van der Waals surface area contributed by atoms with Gasteiger partial charge in [-0.1, -0.05) is 24.2 Å². The molecule has 1 heterocycles. The fourth-order valence-corrected chi connectivity index (χ4v) is 1.77. The lowest BCUT2D eigenvalue weighted by Gasteiger charge is -2.06. The number of amidine groups is 1. The Morgan fingerprint density at radius 1 is 1.50 bits per heavy atom. The van der Waals surface area contributed by atoms with Crippen LogP contribution < -0.4 is 5.73 Å². The van der Waals surface area contributed by atoms with Gasteiger partial charge in [-0.2, -0.15) is 0 Å². The average molecular weight is 218 g/mol. The van der Waals surface area contributed by atoms with E-state index in [9.17, 15) is 0 Å². The number of imidazole rings is 1. The molecule has 0 saturated carbocycles. The van der Waals surface area contributed by atoms with Gasteiger partial charge in [0.2, 0.25) is 0 Å². The van der Waals surface area contributed by atoms with Crippen molar-refractivity contribution in [1.82, 2.24) is 9.55 Å². The maximum atomic E-state index is 8.60. The third-order valence-corrected chi connectivity index (χ3v) is 2.50. The first-order valence-corrected chi connectivity index (χ1v) is 5.16. The summed E-state index contributed by atoms with van der Waals surface area (Å²) in [7, 11) is 0. The fourth-order valence-electron chi connectivity index (χ4n) is 1.77. The molecule has 1 aromatic carbocycles. The minimum Gasteiger partial charge on any atom is -0.409 e. The Hall–Kier alpha value is -2.04. The molecule has 0 saturated heterocycles. The second-order valence-electron chi connectivity index (χ2n) is 3.55. The monoisotopic (exact) mass is 218 g/mol. The molecule has 0 radical (unpaired) electrons. The van der Waals surface area contributed by atoms with Crippen LogP contribution in [0.5, 0.6) is 0 Å². The van der Waals surface area contributed by atoms with Gasteiger partial charge in [0.05, 0.1) is 17.6 Å². The number of aromatic nitrogens is 2. The van der Waals surface area contributed by atoms with Gasteiger partial charge in [-0.15, -0.1) is 0 Å². The van der Waals surface area contributed by atoms with Crippen molar-refractivity contribution in [2.75, 3.05) is 0 Å². The lowest BCUT2D eigenvalue weighted by molar-refractivity contribution is 0.316. The molecule has 0 aliphatic heterocycles. The van der Waals surface area contributed by atoms with Crippen LogP contribution in [0.25, 0.3) is 11.0 Å². The molecule has 0 atom stereocenters. The van der Waals surface area contributed by atoms with E-state index < -0.39 is 0 Å². The third kappa shape index (κ3) is 1.71. The summed E-state index contributed by atoms with van der Waals surface area (Å²) in [4.78, 5) is 4.49. The third-order valence-electron chi connectivity index (χ3n) is 2.50. The van der Waals surface area contributed by atoms with Gasteiger partial charge in [-0.3, -0.25) is 0 Å². The Bertz CT molecular complexity index is 530. The van der Waals surface area contributed by atoms with E-state index in [-0.39, 0.29) is 5.84 Å². The van der Waals surface area contributed by atoms with Crippen LogP contribution in [0.3, 0.4) is 0 Å². The smallest absolute Gasteiger partial charge is 0.159 e. The molecule has 5 nitrogen and oxygen atoms in total. The summed E-state index contributed by atoms with van der Waals surface area (Å²) in [6.07, 6.45) is 0.813. The molecule has 0 aliphatic rings. The molecule has 3 N–H and O–H groups in total. The van der Waals surface area contributed by atoms with Gasteiger partial charge in [-0.05, 0) is 12.1 Å². The summed E-state index contributed by atoms with van der Waals surface area (Å²) in [5.41, 5.74) is 7.47. The van der Waals surface area contributed by atoms with E-state index in [4.69, 9.17) is 10.9 Å². The van der Waals surface area contributed by atoms with Crippen LogP contribution in [0.1, 0.15) is 12.7 Å². The topological polar surface area (TPSA) is 76.4 Å². The highest BCUT2D eigenvalue weighted by molar-refractivity contribution is 5.83. The molecule has 0 spiro atoms. The predicted molar refractivity (Wildman–Crippen MR) is 62.5 cm³/mol. The Morgan fingerprint density at radius 2 is 2.25 bits per heavy atom. The molecule has 1 aromatic heterocycles. The van der Waals surface area contributed by atoms with Crippen molar-refractivity contribution in [2.24, 2.45) is 10.9 Å². The SMILES string of the molecule is CCc1nc2ccccc2n1CC(N)=NO. The largest absolute Gasteiger partial charge is 0.409 e. The number of hydrogen-bond acceptors (Lipinski definition) is 3. The number of nitrogens with two attached hydrogens (primary N) is 1. The minimum absolute atomic E-state index is 0.179. The summed E-state index contributed by atoms with van der Waals surface area (Å²) in [5.74, 6) is 1.12. The van der Waals surface area contributed by atoms with Gasteiger partial charge >= 0.3 is 0 Å². The van der Waals surface area contributed by atoms with Gasteiger partial charge in [0.15, 0.2) is 5.84 Å². The lowest BCUT2D eigenvalue weighted by Crippen LogP contribution is -2.20. The second kappa shape index (κ2) is 4.22. The van der Waals surface area contributed by atoms with E-state index in [1.807, 2.05) is 35.8 Å². The van der Waals surface area contributed by atoms with Crippen molar-refractivity contribution in [3.8, 4) is 0 Å². The zero-order valence-electron chi connectivity index (χ0n) is 9.09. The number of rotatable bonds is 3. The summed E-state index contributed by atoms with van der Waals surface area (Å²) < 4.78 is 1.96. The zero-order valence-corrected chi connectivity index (χ0v) is 9.09. The number of nitrogens with zero attached hydrogens (tertiary/aromatic N) is 3. The Labute approximate surface area is 93.2 Å². The summed E-state index contributed by atoms with van der Waals surface area (Å²) in [6.45, 7) is 2.39. The van der Waals surface area contributed by atoms with Crippen LogP contribution in [-0.2, 0) is 13.0 Å². The van der Waals surface area contributed by atoms with Gasteiger partial charge in [0.25, 0.3) is 0 Å². The maximum Gasteiger partial charge on any atom is 0.159 e. The minimum atomic E-state index is 0.179. The summed E-state index contributed by atoms with van der Waals surface area (Å²) >= 11 is 0. The Morgan fingerprint density at radius 3 is 2.94 bits per heavy atom. The van der Waals surface area contributed by atoms with Crippen LogP contribution in [0.15, 0.2) is 29.4 Å². The van der Waals surface area contributed by atoms with Crippen molar-refractivity contribution in [3.05, 3.63) is 30.1 Å². The quantitative estimate of drug-likeness (QED) is 0.353. The van der Waals surface area contributed by atoms with E-state index in [2.05, 4.69) is 10.1 Å².